The fourth-order valence-electron chi connectivity index (χ4n) is 16.9. The van der Waals surface area contributed by atoms with E-state index in [0.29, 0.717) is 12.1 Å². The molecule has 2 saturated heterocycles. The molecule has 19 rings (SSSR count). The zero-order valence-corrected chi connectivity index (χ0v) is 50.8. The van der Waals surface area contributed by atoms with Gasteiger partial charge < -0.3 is 14.7 Å². The Labute approximate surface area is 534 Å². The van der Waals surface area contributed by atoms with Gasteiger partial charge in [-0.05, 0) is 182 Å². The molecule has 4 fully saturated rings. The molecular weight excluding hydrogens is 1100 g/mol. The van der Waals surface area contributed by atoms with Crippen molar-refractivity contribution in [1.82, 2.24) is 0 Å². The summed E-state index contributed by atoms with van der Waals surface area (Å²) in [6.07, 6.45) is 6.55. The number of benzene rings is 13. The normalized spacial score (nSPS) is 17.4. The molecule has 0 atom stereocenters. The van der Waals surface area contributed by atoms with E-state index in [1.807, 2.05) is 0 Å². The molecule has 2 aliphatic carbocycles. The van der Waals surface area contributed by atoms with Gasteiger partial charge in [0.2, 0.25) is 0 Å². The Bertz CT molecular complexity index is 4720. The van der Waals surface area contributed by atoms with Crippen LogP contribution in [0.5, 0.6) is 0 Å². The van der Waals surface area contributed by atoms with E-state index in [0.717, 1.165) is 51.0 Å². The zero-order chi connectivity index (χ0) is 59.9. The second-order valence-electron chi connectivity index (χ2n) is 25.9. The van der Waals surface area contributed by atoms with Crippen LogP contribution in [0.25, 0.3) is 89.0 Å². The average molecular weight is 1160 g/mol. The number of hydrogen-bond donors (Lipinski definition) is 0. The number of rotatable bonds is 11. The maximum atomic E-state index is 2.90. The smallest absolute Gasteiger partial charge is 0.252 e. The van der Waals surface area contributed by atoms with Crippen molar-refractivity contribution in [3.05, 3.63) is 315 Å². The van der Waals surface area contributed by atoms with Crippen molar-refractivity contribution in [2.45, 2.75) is 44.2 Å². The van der Waals surface area contributed by atoms with Gasteiger partial charge in [0, 0.05) is 62.8 Å². The highest BCUT2D eigenvalue weighted by Crippen LogP contribution is 2.57. The van der Waals surface area contributed by atoms with Crippen molar-refractivity contribution < 1.29 is 0 Å². The van der Waals surface area contributed by atoms with Crippen molar-refractivity contribution in [1.29, 1.82) is 0 Å². The summed E-state index contributed by atoms with van der Waals surface area (Å²) in [5, 5.41) is 0. The van der Waals surface area contributed by atoms with Crippen LogP contribution in [0.2, 0.25) is 0 Å². The van der Waals surface area contributed by atoms with E-state index in [-0.39, 0.29) is 6.71 Å². The molecule has 13 aromatic carbocycles. The fourth-order valence-corrected chi connectivity index (χ4v) is 16.9. The second kappa shape index (κ2) is 22.1. The van der Waals surface area contributed by atoms with E-state index in [2.05, 4.69) is 330 Å². The highest BCUT2D eigenvalue weighted by molar-refractivity contribution is 7.00. The minimum absolute atomic E-state index is 0.161. The minimum atomic E-state index is -0.161. The van der Waals surface area contributed by atoms with Crippen LogP contribution in [0.3, 0.4) is 0 Å². The summed E-state index contributed by atoms with van der Waals surface area (Å²) in [6.45, 7) is -0.161. The molecule has 0 aromatic heterocycles. The first kappa shape index (κ1) is 53.4. The number of nitrogens with zero attached hydrogens (tertiary/aromatic N) is 3. The summed E-state index contributed by atoms with van der Waals surface area (Å²) < 4.78 is 0. The van der Waals surface area contributed by atoms with Gasteiger partial charge in [0.1, 0.15) is 0 Å². The third-order valence-corrected chi connectivity index (χ3v) is 20.7. The molecule has 0 spiro atoms. The van der Waals surface area contributed by atoms with E-state index in [1.54, 1.807) is 0 Å². The van der Waals surface area contributed by atoms with E-state index in [1.165, 1.54) is 138 Å². The molecule has 0 N–H and O–H groups in total. The summed E-state index contributed by atoms with van der Waals surface area (Å²) in [7, 11) is 0. The van der Waals surface area contributed by atoms with Crippen molar-refractivity contribution >= 4 is 62.9 Å². The molecule has 0 unspecified atom stereocenters. The van der Waals surface area contributed by atoms with Gasteiger partial charge in [0.15, 0.2) is 0 Å². The lowest BCUT2D eigenvalue weighted by molar-refractivity contribution is 0.0900. The van der Waals surface area contributed by atoms with Crippen LogP contribution < -0.4 is 31.1 Å². The number of piperidine rings is 2. The molecule has 0 radical (unpaired) electrons. The maximum absolute atomic E-state index is 2.90. The summed E-state index contributed by atoms with van der Waals surface area (Å²) in [4.78, 5) is 8.36. The Morgan fingerprint density at radius 1 is 0.242 bits per heavy atom. The van der Waals surface area contributed by atoms with Gasteiger partial charge in [-0.3, -0.25) is 0 Å². The zero-order valence-electron chi connectivity index (χ0n) is 50.8. The molecule has 4 heterocycles. The van der Waals surface area contributed by atoms with Crippen molar-refractivity contribution in [3.8, 4) is 89.0 Å². The lowest BCUT2D eigenvalue weighted by atomic mass is 9.33. The summed E-state index contributed by atoms with van der Waals surface area (Å²) in [6, 6.07) is 120. The predicted octanol–water partition coefficient (Wildman–Crippen LogP) is 20.9. The first-order chi connectivity index (χ1) is 45.1. The van der Waals surface area contributed by atoms with Crippen LogP contribution >= 0.6 is 0 Å². The van der Waals surface area contributed by atoms with Crippen LogP contribution in [0, 0.1) is 11.8 Å². The van der Waals surface area contributed by atoms with E-state index < -0.39 is 0 Å². The van der Waals surface area contributed by atoms with Crippen molar-refractivity contribution in [3.63, 3.8) is 0 Å². The standard InChI is InChI=1S/C87H66BN3/c1-9-25-60(26-10-1)68-41-44-81-80(54-68)88-79-43-42-72(89-73-46-58-45-59(48-73)49-74(89)47-58)57-82(79)91(87-77(66-37-21-7-22-38-66)52-70(62-29-13-3-14-30-62)53-78(87)67-39-23-8-24-40-67)84-56-71(63-31-15-4-16-32-63)55-83(85(84)88)90(81)86-75(64-33-17-5-18-34-64)50-69(61-27-11-2-12-28-61)51-76(86)65-35-19-6-20-36-65/h1-44,50-59,73-74H,45-49H2. The van der Waals surface area contributed by atoms with Crippen LogP contribution in [-0.2, 0) is 0 Å². The molecule has 2 saturated carbocycles. The molecular formula is C87H66BN3. The van der Waals surface area contributed by atoms with E-state index >= 15 is 0 Å². The first-order valence-electron chi connectivity index (χ1n) is 32.8. The molecule has 4 heteroatoms. The topological polar surface area (TPSA) is 9.72 Å². The maximum Gasteiger partial charge on any atom is 0.252 e. The summed E-state index contributed by atoms with van der Waals surface area (Å²) >= 11 is 0. The molecule has 91 heavy (non-hydrogen) atoms. The quantitative estimate of drug-likeness (QED) is 0.120. The Balaban J connectivity index is 1.01. The van der Waals surface area contributed by atoms with Gasteiger partial charge in [-0.2, -0.15) is 0 Å². The highest BCUT2D eigenvalue weighted by Gasteiger charge is 2.49. The summed E-state index contributed by atoms with van der Waals surface area (Å²) in [5.74, 6) is 1.67. The third-order valence-electron chi connectivity index (χ3n) is 20.7. The van der Waals surface area contributed by atoms with Crippen LogP contribution in [0.4, 0.5) is 39.8 Å². The van der Waals surface area contributed by atoms with Gasteiger partial charge in [0.25, 0.3) is 6.71 Å². The highest BCUT2D eigenvalue weighted by atomic mass is 15.2. The average Bonchev–Trinajstić information content (AvgIpc) is 0.756. The Hall–Kier alpha value is -10.7. The molecule has 13 aromatic rings. The molecule has 432 valence electrons. The Kier molecular flexibility index (Phi) is 13.0. The van der Waals surface area contributed by atoms with Crippen molar-refractivity contribution in [2.75, 3.05) is 14.7 Å². The lowest BCUT2D eigenvalue weighted by Gasteiger charge is -2.57. The molecule has 4 aliphatic heterocycles. The van der Waals surface area contributed by atoms with Gasteiger partial charge in [-0.15, -0.1) is 0 Å². The van der Waals surface area contributed by atoms with Crippen LogP contribution in [0.15, 0.2) is 315 Å². The Morgan fingerprint density at radius 2 is 0.582 bits per heavy atom. The van der Waals surface area contributed by atoms with Gasteiger partial charge in [0.05, 0.1) is 11.4 Å². The molecule has 6 aliphatic rings. The molecule has 4 bridgehead atoms. The van der Waals surface area contributed by atoms with Gasteiger partial charge >= 0.3 is 0 Å². The van der Waals surface area contributed by atoms with Gasteiger partial charge in [-0.1, -0.05) is 261 Å². The van der Waals surface area contributed by atoms with Crippen LogP contribution in [-0.4, -0.2) is 18.8 Å². The SMILES string of the molecule is c1ccc(-c2ccc3c(c2)B2c4ccc(N5C6CC7CC(C6)CC5C7)cc4N(c4c(-c5ccccc5)cc(-c5ccccc5)cc4-c4ccccc4)c4cc(-c5ccccc5)cc(c42)N3c2c(-c3ccccc3)cc(-c3ccccc3)cc2-c2ccccc2)cc1. The number of fused-ring (bicyclic) bond motifs is 4. The van der Waals surface area contributed by atoms with Crippen LogP contribution in [0.1, 0.15) is 32.1 Å². The van der Waals surface area contributed by atoms with Gasteiger partial charge in [-0.25, -0.2) is 0 Å². The second-order valence-corrected chi connectivity index (χ2v) is 25.9. The number of anilines is 7. The Morgan fingerprint density at radius 3 is 0.967 bits per heavy atom. The van der Waals surface area contributed by atoms with E-state index in [4.69, 9.17) is 0 Å². The number of hydrogen-bond acceptors (Lipinski definition) is 3. The third kappa shape index (κ3) is 9.18. The molecule has 3 nitrogen and oxygen atoms in total. The fraction of sp³-hybridized carbons (Fsp3) is 0.103. The monoisotopic (exact) mass is 1160 g/mol. The first-order valence-corrected chi connectivity index (χ1v) is 32.8. The van der Waals surface area contributed by atoms with Crippen molar-refractivity contribution in [2.24, 2.45) is 11.8 Å². The lowest BCUT2D eigenvalue weighted by Crippen LogP contribution is -2.62. The summed E-state index contributed by atoms with van der Waals surface area (Å²) in [5.41, 5.74) is 31.0. The van der Waals surface area contributed by atoms with E-state index in [9.17, 15) is 0 Å². The predicted molar refractivity (Wildman–Crippen MR) is 384 cm³/mol. The largest absolute Gasteiger partial charge is 0.365 e. The minimum Gasteiger partial charge on any atom is -0.365 e. The molecule has 0 amide bonds.